The zero-order valence-electron chi connectivity index (χ0n) is 9.80. The van der Waals surface area contributed by atoms with Crippen LogP contribution >= 0.6 is 0 Å². The third-order valence-electron chi connectivity index (χ3n) is 2.20. The summed E-state index contributed by atoms with van der Waals surface area (Å²) in [6, 6.07) is 0. The molecule has 4 nitrogen and oxygen atoms in total. The molecular weight excluding hydrogens is 261 g/mol. The Hall–Kier alpha value is -0.790. The first kappa shape index (κ1) is 16.2. The maximum atomic E-state index is 11.9. The number of sulfone groups is 1. The number of esters is 1. The first-order chi connectivity index (χ1) is 7.44. The predicted molar refractivity (Wildman–Crippen MR) is 55.2 cm³/mol. The summed E-state index contributed by atoms with van der Waals surface area (Å²) in [5, 5.41) is 0. The molecule has 0 atom stereocenters. The van der Waals surface area contributed by atoms with Gasteiger partial charge in [0.1, 0.15) is 0 Å². The second-order valence-corrected chi connectivity index (χ2v) is 6.57. The van der Waals surface area contributed by atoms with Crippen LogP contribution in [0.25, 0.3) is 0 Å². The van der Waals surface area contributed by atoms with Gasteiger partial charge in [-0.15, -0.1) is 0 Å². The van der Waals surface area contributed by atoms with Crippen LogP contribution in [0.5, 0.6) is 0 Å². The normalized spacial score (nSPS) is 13.5. The van der Waals surface area contributed by atoms with E-state index in [-0.39, 0.29) is 6.61 Å². The van der Waals surface area contributed by atoms with Gasteiger partial charge in [0.25, 0.3) is 0 Å². The highest BCUT2D eigenvalue weighted by atomic mass is 32.2. The van der Waals surface area contributed by atoms with E-state index in [9.17, 15) is 26.4 Å². The molecular formula is C9H15F3O4S. The summed E-state index contributed by atoms with van der Waals surface area (Å²) >= 11 is 0. The lowest BCUT2D eigenvalue weighted by Gasteiger charge is -2.22. The van der Waals surface area contributed by atoms with Crippen molar-refractivity contribution in [2.24, 2.45) is 0 Å². The molecule has 0 aromatic rings. The van der Waals surface area contributed by atoms with E-state index in [1.807, 2.05) is 0 Å². The fourth-order valence-corrected chi connectivity index (χ4v) is 2.26. The van der Waals surface area contributed by atoms with Gasteiger partial charge >= 0.3 is 12.1 Å². The monoisotopic (exact) mass is 276 g/mol. The van der Waals surface area contributed by atoms with Crippen molar-refractivity contribution in [2.45, 2.75) is 38.1 Å². The second kappa shape index (κ2) is 5.24. The summed E-state index contributed by atoms with van der Waals surface area (Å²) in [5.74, 6) is -2.16. The number of rotatable bonds is 5. The Morgan fingerprint density at radius 2 is 1.71 bits per heavy atom. The van der Waals surface area contributed by atoms with Gasteiger partial charge in [0.2, 0.25) is 0 Å². The van der Waals surface area contributed by atoms with E-state index >= 15 is 0 Å². The maximum Gasteiger partial charge on any atom is 0.390 e. The number of ether oxygens (including phenoxy) is 1. The van der Waals surface area contributed by atoms with Crippen molar-refractivity contribution in [2.75, 3.05) is 12.4 Å². The molecule has 0 bridgehead atoms. The third-order valence-corrected chi connectivity index (χ3v) is 4.66. The summed E-state index contributed by atoms with van der Waals surface area (Å²) < 4.78 is 61.6. The van der Waals surface area contributed by atoms with Crippen molar-refractivity contribution in [3.8, 4) is 0 Å². The van der Waals surface area contributed by atoms with Gasteiger partial charge in [0, 0.05) is 0 Å². The van der Waals surface area contributed by atoms with Crippen LogP contribution in [0, 0.1) is 0 Å². The topological polar surface area (TPSA) is 60.4 Å². The molecule has 8 heteroatoms. The molecule has 0 amide bonds. The molecule has 0 unspecified atom stereocenters. The molecule has 0 radical (unpaired) electrons. The van der Waals surface area contributed by atoms with Crippen LogP contribution in [-0.2, 0) is 19.4 Å². The van der Waals surface area contributed by atoms with Crippen molar-refractivity contribution < 1.29 is 31.1 Å². The van der Waals surface area contributed by atoms with Gasteiger partial charge in [-0.3, -0.25) is 4.79 Å². The summed E-state index contributed by atoms with van der Waals surface area (Å²) in [5.41, 5.74) is 0. The molecule has 0 spiro atoms. The number of carbonyl (C=O) groups is 1. The SMILES string of the molecule is CCOC(=O)C(C)(C)S(=O)(=O)CCC(F)(F)F. The molecule has 0 N–H and O–H groups in total. The van der Waals surface area contributed by atoms with E-state index in [2.05, 4.69) is 4.74 Å². The minimum Gasteiger partial charge on any atom is -0.465 e. The molecule has 0 aliphatic rings. The van der Waals surface area contributed by atoms with Crippen LogP contribution in [0.3, 0.4) is 0 Å². The van der Waals surface area contributed by atoms with E-state index in [1.165, 1.54) is 6.92 Å². The first-order valence-corrected chi connectivity index (χ1v) is 6.55. The Kier molecular flexibility index (Phi) is 5.00. The van der Waals surface area contributed by atoms with Crippen molar-refractivity contribution in [3.05, 3.63) is 0 Å². The molecule has 0 aromatic carbocycles. The molecule has 0 aliphatic carbocycles. The minimum absolute atomic E-state index is 0.0307. The number of alkyl halides is 3. The van der Waals surface area contributed by atoms with Gasteiger partial charge in [0.15, 0.2) is 14.6 Å². The highest BCUT2D eigenvalue weighted by Gasteiger charge is 2.44. The fourth-order valence-electron chi connectivity index (χ4n) is 0.937. The summed E-state index contributed by atoms with van der Waals surface area (Å²) in [6.07, 6.45) is -6.05. The molecule has 0 fully saturated rings. The summed E-state index contributed by atoms with van der Waals surface area (Å²) in [7, 11) is -4.21. The van der Waals surface area contributed by atoms with Gasteiger partial charge in [-0.1, -0.05) is 0 Å². The maximum absolute atomic E-state index is 11.9. The van der Waals surface area contributed by atoms with E-state index in [4.69, 9.17) is 0 Å². The Morgan fingerprint density at radius 1 is 1.24 bits per heavy atom. The fraction of sp³-hybridized carbons (Fsp3) is 0.889. The summed E-state index contributed by atoms with van der Waals surface area (Å²) in [4.78, 5) is 11.4. The standard InChI is InChI=1S/C9H15F3O4S/c1-4-16-7(13)8(2,3)17(14,15)6-5-9(10,11)12/h4-6H2,1-3H3. The lowest BCUT2D eigenvalue weighted by Crippen LogP contribution is -2.44. The first-order valence-electron chi connectivity index (χ1n) is 4.90. The van der Waals surface area contributed by atoms with Crippen LogP contribution in [0.4, 0.5) is 13.2 Å². The van der Waals surface area contributed by atoms with Gasteiger partial charge in [-0.2, -0.15) is 13.2 Å². The lowest BCUT2D eigenvalue weighted by atomic mass is 10.2. The summed E-state index contributed by atoms with van der Waals surface area (Å²) in [6.45, 7) is 3.53. The van der Waals surface area contributed by atoms with Gasteiger partial charge in [-0.25, -0.2) is 8.42 Å². The van der Waals surface area contributed by atoms with Crippen LogP contribution in [0.1, 0.15) is 27.2 Å². The minimum atomic E-state index is -4.57. The molecule has 0 saturated heterocycles. The van der Waals surface area contributed by atoms with E-state index in [1.54, 1.807) is 0 Å². The van der Waals surface area contributed by atoms with E-state index < -0.39 is 38.9 Å². The van der Waals surface area contributed by atoms with Crippen molar-refractivity contribution in [3.63, 3.8) is 0 Å². The van der Waals surface area contributed by atoms with E-state index in [0.29, 0.717) is 0 Å². The van der Waals surface area contributed by atoms with Crippen LogP contribution < -0.4 is 0 Å². The smallest absolute Gasteiger partial charge is 0.390 e. The Balaban J connectivity index is 4.86. The number of hydrogen-bond donors (Lipinski definition) is 0. The van der Waals surface area contributed by atoms with Crippen molar-refractivity contribution >= 4 is 15.8 Å². The van der Waals surface area contributed by atoms with Crippen LogP contribution in [0.15, 0.2) is 0 Å². The van der Waals surface area contributed by atoms with Crippen LogP contribution in [-0.4, -0.2) is 37.7 Å². The zero-order valence-corrected chi connectivity index (χ0v) is 10.6. The van der Waals surface area contributed by atoms with Gasteiger partial charge < -0.3 is 4.74 Å². The predicted octanol–water partition coefficient (Wildman–Crippen LogP) is 1.70. The van der Waals surface area contributed by atoms with Crippen molar-refractivity contribution in [1.29, 1.82) is 0 Å². The highest BCUT2D eigenvalue weighted by molar-refractivity contribution is 7.93. The number of carbonyl (C=O) groups excluding carboxylic acids is 1. The van der Waals surface area contributed by atoms with Gasteiger partial charge in [-0.05, 0) is 20.8 Å². The number of halogens is 3. The Bertz CT molecular complexity index is 370. The molecule has 0 saturated carbocycles. The van der Waals surface area contributed by atoms with E-state index in [0.717, 1.165) is 13.8 Å². The molecule has 0 rings (SSSR count). The number of hydrogen-bond acceptors (Lipinski definition) is 4. The molecule has 0 heterocycles. The Morgan fingerprint density at radius 3 is 2.06 bits per heavy atom. The quantitative estimate of drug-likeness (QED) is 0.717. The van der Waals surface area contributed by atoms with Crippen LogP contribution in [0.2, 0.25) is 0 Å². The Labute approximate surface area is 98.1 Å². The molecule has 0 aliphatic heterocycles. The van der Waals surface area contributed by atoms with Gasteiger partial charge in [0.05, 0.1) is 18.8 Å². The molecule has 102 valence electrons. The average molecular weight is 276 g/mol. The zero-order chi connectivity index (χ0) is 13.9. The molecule has 17 heavy (non-hydrogen) atoms. The average Bonchev–Trinajstić information content (AvgIpc) is 2.14. The highest BCUT2D eigenvalue weighted by Crippen LogP contribution is 2.25. The van der Waals surface area contributed by atoms with Crippen molar-refractivity contribution in [1.82, 2.24) is 0 Å². The largest absolute Gasteiger partial charge is 0.465 e. The lowest BCUT2D eigenvalue weighted by molar-refractivity contribution is -0.145. The second-order valence-electron chi connectivity index (χ2n) is 3.91. The molecule has 0 aromatic heterocycles. The third kappa shape index (κ3) is 4.53.